The van der Waals surface area contributed by atoms with Gasteiger partial charge in [0.2, 0.25) is 11.8 Å². The SMILES string of the molecule is CNC(=O)C1Cc2cc(OC)c(OC)cc2CN1C(=O)CC(c1cccc2ccccc12)n1cccc1. The van der Waals surface area contributed by atoms with E-state index in [1.165, 1.54) is 0 Å². The van der Waals surface area contributed by atoms with Gasteiger partial charge in [-0.15, -0.1) is 0 Å². The second kappa shape index (κ2) is 10.4. The van der Waals surface area contributed by atoms with Crippen molar-refractivity contribution in [3.05, 3.63) is 95.8 Å². The monoisotopic (exact) mass is 497 g/mol. The van der Waals surface area contributed by atoms with Gasteiger partial charge in [-0.05, 0) is 51.7 Å². The quantitative estimate of drug-likeness (QED) is 0.412. The topological polar surface area (TPSA) is 72.8 Å². The van der Waals surface area contributed by atoms with E-state index in [4.69, 9.17) is 9.47 Å². The highest BCUT2D eigenvalue weighted by molar-refractivity contribution is 5.90. The smallest absolute Gasteiger partial charge is 0.242 e. The maximum Gasteiger partial charge on any atom is 0.242 e. The standard InChI is InChI=1S/C30H31N3O4/c1-31-30(35)26-15-21-16-27(36-2)28(37-3)17-22(21)19-33(26)29(34)18-25(32-13-6-7-14-32)24-12-8-10-20-9-4-5-11-23(20)24/h4-14,16-17,25-26H,15,18-19H2,1-3H3,(H,31,35). The van der Waals surface area contributed by atoms with Crippen LogP contribution in [0.5, 0.6) is 11.5 Å². The van der Waals surface area contributed by atoms with E-state index in [-0.39, 0.29) is 24.3 Å². The molecule has 190 valence electrons. The minimum absolute atomic E-state index is 0.0827. The average Bonchev–Trinajstić information content (AvgIpc) is 3.48. The minimum atomic E-state index is -0.610. The van der Waals surface area contributed by atoms with E-state index in [2.05, 4.69) is 34.1 Å². The molecule has 0 fully saturated rings. The van der Waals surface area contributed by atoms with Crippen molar-refractivity contribution >= 4 is 22.6 Å². The molecule has 0 bridgehead atoms. The van der Waals surface area contributed by atoms with Gasteiger partial charge in [0.25, 0.3) is 0 Å². The molecule has 0 aliphatic carbocycles. The highest BCUT2D eigenvalue weighted by atomic mass is 16.5. The molecule has 2 heterocycles. The number of benzene rings is 3. The fraction of sp³-hybridized carbons (Fsp3) is 0.267. The Morgan fingerprint density at radius 2 is 1.62 bits per heavy atom. The van der Waals surface area contributed by atoms with Crippen LogP contribution in [0.15, 0.2) is 79.1 Å². The van der Waals surface area contributed by atoms with E-state index in [0.29, 0.717) is 24.5 Å². The van der Waals surface area contributed by atoms with E-state index in [1.807, 2.05) is 54.9 Å². The van der Waals surface area contributed by atoms with E-state index in [9.17, 15) is 9.59 Å². The van der Waals surface area contributed by atoms with Crippen LogP contribution in [-0.2, 0) is 22.6 Å². The van der Waals surface area contributed by atoms with Crippen molar-refractivity contribution in [2.24, 2.45) is 0 Å². The molecule has 0 saturated carbocycles. The van der Waals surface area contributed by atoms with Crippen molar-refractivity contribution in [2.45, 2.75) is 31.5 Å². The third-order valence-corrected chi connectivity index (χ3v) is 7.24. The Labute approximate surface area is 216 Å². The third kappa shape index (κ3) is 4.65. The van der Waals surface area contributed by atoms with Gasteiger partial charge < -0.3 is 24.3 Å². The maximum atomic E-state index is 14.0. The molecule has 1 aromatic heterocycles. The number of ether oxygens (including phenoxy) is 2. The fourth-order valence-corrected chi connectivity index (χ4v) is 5.33. The van der Waals surface area contributed by atoms with Gasteiger partial charge in [-0.2, -0.15) is 0 Å². The van der Waals surface area contributed by atoms with Crippen LogP contribution in [0.3, 0.4) is 0 Å². The number of methoxy groups -OCH3 is 2. The molecule has 1 N–H and O–H groups in total. The summed E-state index contributed by atoms with van der Waals surface area (Å²) in [5.74, 6) is 0.949. The molecule has 0 spiro atoms. The molecule has 2 atom stereocenters. The molecular formula is C30H31N3O4. The van der Waals surface area contributed by atoms with Crippen LogP contribution in [0, 0.1) is 0 Å². The number of carbonyl (C=O) groups excluding carboxylic acids is 2. The Morgan fingerprint density at radius 3 is 2.32 bits per heavy atom. The molecule has 3 aromatic carbocycles. The second-order valence-electron chi connectivity index (χ2n) is 9.25. The Balaban J connectivity index is 1.52. The van der Waals surface area contributed by atoms with Gasteiger partial charge in [-0.1, -0.05) is 42.5 Å². The van der Waals surface area contributed by atoms with Gasteiger partial charge in [0.15, 0.2) is 11.5 Å². The lowest BCUT2D eigenvalue weighted by atomic mass is 9.91. The number of amides is 2. The van der Waals surface area contributed by atoms with Gasteiger partial charge in [0, 0.05) is 32.4 Å². The van der Waals surface area contributed by atoms with Crippen molar-refractivity contribution in [1.29, 1.82) is 0 Å². The summed E-state index contributed by atoms with van der Waals surface area (Å²) in [6.45, 7) is 0.320. The minimum Gasteiger partial charge on any atom is -0.493 e. The molecular weight excluding hydrogens is 466 g/mol. The highest BCUT2D eigenvalue weighted by Crippen LogP contribution is 2.36. The lowest BCUT2D eigenvalue weighted by molar-refractivity contribution is -0.142. The summed E-state index contributed by atoms with van der Waals surface area (Å²) in [7, 11) is 4.79. The summed E-state index contributed by atoms with van der Waals surface area (Å²) in [6, 6.07) is 21.3. The van der Waals surface area contributed by atoms with Gasteiger partial charge >= 0.3 is 0 Å². The number of hydrogen-bond donors (Lipinski definition) is 1. The van der Waals surface area contributed by atoms with Crippen LogP contribution in [0.4, 0.5) is 0 Å². The van der Waals surface area contributed by atoms with E-state index < -0.39 is 6.04 Å². The molecule has 37 heavy (non-hydrogen) atoms. The number of likely N-dealkylation sites (N-methyl/N-ethyl adjacent to an activating group) is 1. The van der Waals surface area contributed by atoms with Gasteiger partial charge in [-0.25, -0.2) is 0 Å². The number of nitrogens with zero attached hydrogens (tertiary/aromatic N) is 2. The molecule has 1 aliphatic rings. The number of nitrogens with one attached hydrogen (secondary N) is 1. The van der Waals surface area contributed by atoms with Gasteiger partial charge in [0.05, 0.1) is 26.7 Å². The van der Waals surface area contributed by atoms with Crippen molar-refractivity contribution in [3.8, 4) is 11.5 Å². The summed E-state index contributed by atoms with van der Waals surface area (Å²) < 4.78 is 13.0. The molecule has 7 nitrogen and oxygen atoms in total. The number of aromatic nitrogens is 1. The predicted molar refractivity (Wildman–Crippen MR) is 143 cm³/mol. The Morgan fingerprint density at radius 1 is 0.946 bits per heavy atom. The van der Waals surface area contributed by atoms with Crippen molar-refractivity contribution in [2.75, 3.05) is 21.3 Å². The predicted octanol–water partition coefficient (Wildman–Crippen LogP) is 4.34. The third-order valence-electron chi connectivity index (χ3n) is 7.24. The van der Waals surface area contributed by atoms with Crippen LogP contribution in [0.25, 0.3) is 10.8 Å². The largest absolute Gasteiger partial charge is 0.493 e. The fourth-order valence-electron chi connectivity index (χ4n) is 5.33. The number of rotatable bonds is 7. The molecule has 0 radical (unpaired) electrons. The first-order chi connectivity index (χ1) is 18.0. The van der Waals surface area contributed by atoms with E-state index in [0.717, 1.165) is 27.5 Å². The van der Waals surface area contributed by atoms with Crippen LogP contribution < -0.4 is 14.8 Å². The van der Waals surface area contributed by atoms with Crippen LogP contribution in [-0.4, -0.2) is 48.6 Å². The number of carbonyl (C=O) groups is 2. The van der Waals surface area contributed by atoms with Crippen LogP contribution in [0.2, 0.25) is 0 Å². The van der Waals surface area contributed by atoms with Crippen LogP contribution in [0.1, 0.15) is 29.2 Å². The highest BCUT2D eigenvalue weighted by Gasteiger charge is 2.36. The van der Waals surface area contributed by atoms with Crippen molar-refractivity contribution in [3.63, 3.8) is 0 Å². The molecule has 4 aromatic rings. The molecule has 0 saturated heterocycles. The lowest BCUT2D eigenvalue weighted by Crippen LogP contribution is -2.52. The molecule has 1 aliphatic heterocycles. The summed E-state index contributed by atoms with van der Waals surface area (Å²) in [4.78, 5) is 28.7. The normalized spacial score (nSPS) is 15.6. The van der Waals surface area contributed by atoms with E-state index >= 15 is 0 Å². The molecule has 5 rings (SSSR count). The Kier molecular flexibility index (Phi) is 6.86. The Hall–Kier alpha value is -4.26. The molecule has 2 amide bonds. The average molecular weight is 498 g/mol. The summed E-state index contributed by atoms with van der Waals surface area (Å²) in [5.41, 5.74) is 3.00. The summed E-state index contributed by atoms with van der Waals surface area (Å²) in [5, 5.41) is 4.98. The van der Waals surface area contributed by atoms with Crippen LogP contribution >= 0.6 is 0 Å². The van der Waals surface area contributed by atoms with E-state index in [1.54, 1.807) is 26.2 Å². The zero-order valence-corrected chi connectivity index (χ0v) is 21.3. The number of fused-ring (bicyclic) bond motifs is 2. The van der Waals surface area contributed by atoms with Gasteiger partial charge in [0.1, 0.15) is 6.04 Å². The number of hydrogen-bond acceptors (Lipinski definition) is 4. The summed E-state index contributed by atoms with van der Waals surface area (Å²) in [6.07, 6.45) is 4.60. The first-order valence-electron chi connectivity index (χ1n) is 12.4. The van der Waals surface area contributed by atoms with Gasteiger partial charge in [-0.3, -0.25) is 9.59 Å². The van der Waals surface area contributed by atoms with Crippen molar-refractivity contribution < 1.29 is 19.1 Å². The first-order valence-corrected chi connectivity index (χ1v) is 12.4. The second-order valence-corrected chi connectivity index (χ2v) is 9.25. The molecule has 2 unspecified atom stereocenters. The summed E-state index contributed by atoms with van der Waals surface area (Å²) >= 11 is 0. The lowest BCUT2D eigenvalue weighted by Gasteiger charge is -2.37. The van der Waals surface area contributed by atoms with Crippen molar-refractivity contribution in [1.82, 2.24) is 14.8 Å². The maximum absolute atomic E-state index is 14.0. The zero-order valence-electron chi connectivity index (χ0n) is 21.3. The first kappa shape index (κ1) is 24.4. The Bertz CT molecular complexity index is 1430. The zero-order chi connectivity index (χ0) is 25.9. The molecule has 7 heteroatoms.